The molecule has 6 nitrogen and oxygen atoms in total. The molecule has 2 rings (SSSR count). The highest BCUT2D eigenvalue weighted by Gasteiger charge is 2.31. The molecule has 2 amide bonds. The Hall–Kier alpha value is -1.89. The quantitative estimate of drug-likeness (QED) is 0.629. The van der Waals surface area contributed by atoms with Gasteiger partial charge in [0.05, 0.1) is 28.9 Å². The Labute approximate surface area is 136 Å². The number of rotatable bonds is 5. The van der Waals surface area contributed by atoms with Gasteiger partial charge in [-0.15, -0.1) is 0 Å². The van der Waals surface area contributed by atoms with Crippen molar-refractivity contribution in [1.29, 1.82) is 0 Å². The van der Waals surface area contributed by atoms with Gasteiger partial charge in [-0.1, -0.05) is 23.2 Å². The number of hydrogen-bond donors (Lipinski definition) is 2. The Kier molecular flexibility index (Phi) is 4.85. The maximum atomic E-state index is 12.0. The standard InChI is InChI=1S/C14H12Cl2N2O4/c1-7(20)8-4-9(15)13(10(16)5-8)17-11-6-12(21)18(2-3-19)14(11)22/h4-6,17,19H,2-3H2,1H3. The number of imide groups is 1. The van der Waals surface area contributed by atoms with Crippen molar-refractivity contribution < 1.29 is 19.5 Å². The molecule has 8 heteroatoms. The fourth-order valence-corrected chi connectivity index (χ4v) is 2.52. The molecule has 2 N–H and O–H groups in total. The van der Waals surface area contributed by atoms with E-state index in [9.17, 15) is 14.4 Å². The topological polar surface area (TPSA) is 86.7 Å². The average Bonchev–Trinajstić information content (AvgIpc) is 2.70. The number of carbonyl (C=O) groups excluding carboxylic acids is 3. The molecule has 1 aliphatic rings. The number of Topliss-reactive ketones (excluding diaryl/α,β-unsaturated/α-hetero) is 1. The molecule has 0 spiro atoms. The third-order valence-electron chi connectivity index (χ3n) is 3.04. The Morgan fingerprint density at radius 2 is 1.86 bits per heavy atom. The Morgan fingerprint density at radius 3 is 2.36 bits per heavy atom. The first-order chi connectivity index (χ1) is 10.3. The number of aliphatic hydroxyl groups excluding tert-OH is 1. The molecular formula is C14H12Cl2N2O4. The van der Waals surface area contributed by atoms with E-state index in [0.717, 1.165) is 11.0 Å². The van der Waals surface area contributed by atoms with E-state index in [-0.39, 0.29) is 40.4 Å². The summed E-state index contributed by atoms with van der Waals surface area (Å²) in [6.07, 6.45) is 1.10. The molecule has 0 aliphatic carbocycles. The van der Waals surface area contributed by atoms with Crippen LogP contribution in [0.25, 0.3) is 0 Å². The fraction of sp³-hybridized carbons (Fsp3) is 0.214. The van der Waals surface area contributed by atoms with Crippen molar-refractivity contribution in [3.05, 3.63) is 39.5 Å². The number of nitrogens with zero attached hydrogens (tertiary/aromatic N) is 1. The number of hydrogen-bond acceptors (Lipinski definition) is 5. The van der Waals surface area contributed by atoms with Crippen molar-refractivity contribution >= 4 is 46.5 Å². The largest absolute Gasteiger partial charge is 0.395 e. The summed E-state index contributed by atoms with van der Waals surface area (Å²) in [5.74, 6) is -1.31. The minimum absolute atomic E-state index is 0.00201. The molecule has 0 aromatic heterocycles. The van der Waals surface area contributed by atoms with E-state index in [1.54, 1.807) is 0 Å². The molecule has 1 aromatic carbocycles. The summed E-state index contributed by atoms with van der Waals surface area (Å²) in [6, 6.07) is 2.84. The minimum Gasteiger partial charge on any atom is -0.395 e. The lowest BCUT2D eigenvalue weighted by atomic mass is 10.1. The van der Waals surface area contributed by atoms with Gasteiger partial charge in [0.15, 0.2) is 5.78 Å². The summed E-state index contributed by atoms with van der Waals surface area (Å²) < 4.78 is 0. The number of anilines is 1. The first kappa shape index (κ1) is 16.5. The predicted molar refractivity (Wildman–Crippen MR) is 82.0 cm³/mol. The van der Waals surface area contributed by atoms with Gasteiger partial charge in [-0.05, 0) is 19.1 Å². The van der Waals surface area contributed by atoms with Crippen molar-refractivity contribution in [3.63, 3.8) is 0 Å². The van der Waals surface area contributed by atoms with Gasteiger partial charge in [-0.2, -0.15) is 0 Å². The maximum absolute atomic E-state index is 12.0. The zero-order valence-corrected chi connectivity index (χ0v) is 13.0. The van der Waals surface area contributed by atoms with Crippen LogP contribution in [0.15, 0.2) is 23.9 Å². The number of carbonyl (C=O) groups is 3. The number of aliphatic hydroxyl groups is 1. The number of β-amino-alcohol motifs (C(OH)–C–C–N with tert-alkyl or cyclic N) is 1. The summed E-state index contributed by atoms with van der Waals surface area (Å²) in [5, 5.41) is 11.9. The zero-order chi connectivity index (χ0) is 16.4. The SMILES string of the molecule is CC(=O)c1cc(Cl)c(NC2=CC(=O)N(CCO)C2=O)c(Cl)c1. The van der Waals surface area contributed by atoms with E-state index in [2.05, 4.69) is 5.32 Å². The van der Waals surface area contributed by atoms with Crippen LogP contribution in [0.1, 0.15) is 17.3 Å². The second-order valence-electron chi connectivity index (χ2n) is 4.57. The molecule has 1 aromatic rings. The van der Waals surface area contributed by atoms with Crippen LogP contribution in [0.5, 0.6) is 0 Å². The summed E-state index contributed by atoms with van der Waals surface area (Å²) in [7, 11) is 0. The lowest BCUT2D eigenvalue weighted by Gasteiger charge is -2.15. The van der Waals surface area contributed by atoms with Gasteiger partial charge in [-0.25, -0.2) is 0 Å². The highest BCUT2D eigenvalue weighted by atomic mass is 35.5. The first-order valence-corrected chi connectivity index (χ1v) is 7.06. The highest BCUT2D eigenvalue weighted by Crippen LogP contribution is 2.33. The van der Waals surface area contributed by atoms with Gasteiger partial charge in [0.2, 0.25) is 0 Å². The van der Waals surface area contributed by atoms with Crippen LogP contribution in [0.2, 0.25) is 10.0 Å². The molecule has 0 atom stereocenters. The summed E-state index contributed by atoms with van der Waals surface area (Å²) in [4.78, 5) is 35.9. The fourth-order valence-electron chi connectivity index (χ4n) is 1.94. The number of amides is 2. The Morgan fingerprint density at radius 1 is 1.27 bits per heavy atom. The van der Waals surface area contributed by atoms with Crippen LogP contribution in [0.4, 0.5) is 5.69 Å². The van der Waals surface area contributed by atoms with Crippen LogP contribution in [-0.2, 0) is 9.59 Å². The van der Waals surface area contributed by atoms with Crippen molar-refractivity contribution in [1.82, 2.24) is 4.90 Å². The van der Waals surface area contributed by atoms with Gasteiger partial charge < -0.3 is 10.4 Å². The molecule has 1 aliphatic heterocycles. The average molecular weight is 343 g/mol. The van der Waals surface area contributed by atoms with Crippen molar-refractivity contribution in [3.8, 4) is 0 Å². The van der Waals surface area contributed by atoms with Crippen LogP contribution < -0.4 is 5.32 Å². The van der Waals surface area contributed by atoms with E-state index >= 15 is 0 Å². The maximum Gasteiger partial charge on any atom is 0.277 e. The lowest BCUT2D eigenvalue weighted by molar-refractivity contribution is -0.137. The third kappa shape index (κ3) is 3.14. The normalized spacial score (nSPS) is 14.4. The van der Waals surface area contributed by atoms with E-state index in [4.69, 9.17) is 28.3 Å². The van der Waals surface area contributed by atoms with E-state index in [1.165, 1.54) is 19.1 Å². The van der Waals surface area contributed by atoms with Gasteiger partial charge in [-0.3, -0.25) is 19.3 Å². The van der Waals surface area contributed by atoms with Crippen molar-refractivity contribution in [2.24, 2.45) is 0 Å². The molecule has 1 heterocycles. The second-order valence-corrected chi connectivity index (χ2v) is 5.39. The molecule has 0 radical (unpaired) electrons. The highest BCUT2D eigenvalue weighted by molar-refractivity contribution is 6.40. The smallest absolute Gasteiger partial charge is 0.277 e. The summed E-state index contributed by atoms with van der Waals surface area (Å²) in [5.41, 5.74) is 0.565. The van der Waals surface area contributed by atoms with Gasteiger partial charge in [0, 0.05) is 11.6 Å². The molecule has 116 valence electrons. The Balaban J connectivity index is 2.29. The first-order valence-electron chi connectivity index (χ1n) is 6.30. The van der Waals surface area contributed by atoms with Crippen molar-refractivity contribution in [2.75, 3.05) is 18.5 Å². The van der Waals surface area contributed by atoms with Crippen LogP contribution in [0.3, 0.4) is 0 Å². The van der Waals surface area contributed by atoms with Gasteiger partial charge in [0.25, 0.3) is 11.8 Å². The Bertz CT molecular complexity index is 677. The molecule has 0 saturated carbocycles. The third-order valence-corrected chi connectivity index (χ3v) is 3.64. The summed E-state index contributed by atoms with van der Waals surface area (Å²) >= 11 is 12.1. The molecule has 0 unspecified atom stereocenters. The van der Waals surface area contributed by atoms with Crippen LogP contribution in [-0.4, -0.2) is 40.8 Å². The van der Waals surface area contributed by atoms with E-state index in [1.807, 2.05) is 0 Å². The van der Waals surface area contributed by atoms with E-state index < -0.39 is 11.8 Å². The minimum atomic E-state index is -0.582. The van der Waals surface area contributed by atoms with Gasteiger partial charge >= 0.3 is 0 Å². The number of nitrogens with one attached hydrogen (secondary N) is 1. The van der Waals surface area contributed by atoms with Crippen molar-refractivity contribution in [2.45, 2.75) is 6.92 Å². The number of halogens is 2. The number of benzene rings is 1. The molecule has 0 bridgehead atoms. The second kappa shape index (κ2) is 6.48. The monoisotopic (exact) mass is 342 g/mol. The number of ketones is 1. The zero-order valence-electron chi connectivity index (χ0n) is 11.5. The molecule has 22 heavy (non-hydrogen) atoms. The van der Waals surface area contributed by atoms with Crippen LogP contribution in [0, 0.1) is 0 Å². The molecule has 0 fully saturated rings. The summed E-state index contributed by atoms with van der Waals surface area (Å²) in [6.45, 7) is 0.959. The van der Waals surface area contributed by atoms with E-state index in [0.29, 0.717) is 5.56 Å². The van der Waals surface area contributed by atoms with Crippen LogP contribution >= 0.6 is 23.2 Å². The lowest BCUT2D eigenvalue weighted by Crippen LogP contribution is -2.34. The molecule has 0 saturated heterocycles. The molecular weight excluding hydrogens is 331 g/mol. The predicted octanol–water partition coefficient (Wildman–Crippen LogP) is 1.85. The van der Waals surface area contributed by atoms with Gasteiger partial charge in [0.1, 0.15) is 5.70 Å².